The molecule has 1 heterocycles. The zero-order valence-electron chi connectivity index (χ0n) is 19.4. The van der Waals surface area contributed by atoms with Gasteiger partial charge in [-0.1, -0.05) is 37.6 Å². The third-order valence-electron chi connectivity index (χ3n) is 6.20. The van der Waals surface area contributed by atoms with Gasteiger partial charge < -0.3 is 15.6 Å². The molecule has 0 spiro atoms. The minimum atomic E-state index is -3.90. The third-order valence-corrected chi connectivity index (χ3v) is 8.14. The molecule has 4 rings (SSSR count). The van der Waals surface area contributed by atoms with Gasteiger partial charge in [-0.15, -0.1) is 0 Å². The predicted octanol–water partition coefficient (Wildman–Crippen LogP) is 5.30. The van der Waals surface area contributed by atoms with E-state index in [9.17, 15) is 8.42 Å². The molecule has 2 aromatic rings. The smallest absolute Gasteiger partial charge is 0.248 e. The molecule has 33 heavy (non-hydrogen) atoms. The van der Waals surface area contributed by atoms with E-state index in [1.54, 1.807) is 19.2 Å². The average Bonchev–Trinajstić information content (AvgIpc) is 2.79. The van der Waals surface area contributed by atoms with Gasteiger partial charge in [0.15, 0.2) is 5.58 Å². The van der Waals surface area contributed by atoms with Crippen LogP contribution in [0.1, 0.15) is 30.9 Å². The quantitative estimate of drug-likeness (QED) is 0.299. The van der Waals surface area contributed by atoms with Crippen LogP contribution in [-0.4, -0.2) is 26.3 Å². The van der Waals surface area contributed by atoms with E-state index in [0.717, 1.165) is 35.1 Å². The summed E-state index contributed by atoms with van der Waals surface area (Å²) in [7, 11) is -2.33. The number of benzene rings is 3. The molecule has 3 N–H and O–H groups in total. The lowest BCUT2D eigenvalue weighted by molar-refractivity contribution is 0.458. The first kappa shape index (κ1) is 23.0. The Morgan fingerprint density at radius 1 is 1.03 bits per heavy atom. The second-order valence-electron chi connectivity index (χ2n) is 8.45. The number of nitrogens with two attached hydrogens (primary N) is 1. The molecule has 2 aliphatic rings. The van der Waals surface area contributed by atoms with Gasteiger partial charge in [0.2, 0.25) is 10.0 Å². The second-order valence-corrected chi connectivity index (χ2v) is 10.4. The fourth-order valence-electron chi connectivity index (χ4n) is 4.21. The molecule has 0 atom stereocenters. The van der Waals surface area contributed by atoms with Gasteiger partial charge in [-0.05, 0) is 55.7 Å². The number of fused-ring (bicyclic) bond motifs is 2. The van der Waals surface area contributed by atoms with Gasteiger partial charge in [0.25, 0.3) is 0 Å². The summed E-state index contributed by atoms with van der Waals surface area (Å²) in [5.41, 5.74) is 11.0. The maximum atomic E-state index is 13.6. The van der Waals surface area contributed by atoms with Crippen LogP contribution in [0.25, 0.3) is 33.4 Å². The molecule has 6 nitrogen and oxygen atoms in total. The summed E-state index contributed by atoms with van der Waals surface area (Å²) in [4.78, 5) is -0.0230. The molecule has 2 aromatic carbocycles. The first-order valence-electron chi connectivity index (χ1n) is 11.0. The summed E-state index contributed by atoms with van der Waals surface area (Å²) in [6.07, 6.45) is 1.62. The van der Waals surface area contributed by atoms with Crippen molar-refractivity contribution in [3.63, 3.8) is 0 Å². The highest BCUT2D eigenvalue weighted by Crippen LogP contribution is 2.45. The predicted molar refractivity (Wildman–Crippen MR) is 133 cm³/mol. The molecule has 0 radical (unpaired) electrons. The number of unbranched alkanes of at least 4 members (excludes halogenated alkanes) is 1. The lowest BCUT2D eigenvalue weighted by Gasteiger charge is -2.22. The number of nitrogens with zero attached hydrogens (tertiary/aromatic N) is 1. The minimum absolute atomic E-state index is 0.0230. The molecule has 0 saturated carbocycles. The fourth-order valence-corrected chi connectivity index (χ4v) is 5.64. The molecular formula is C26H29N3O3S. The van der Waals surface area contributed by atoms with Crippen molar-refractivity contribution >= 4 is 26.7 Å². The molecule has 0 unspecified atom stereocenters. The number of anilines is 1. The Hall–Kier alpha value is -3.16. The largest absolute Gasteiger partial charge is 0.454 e. The number of rotatable bonds is 6. The van der Waals surface area contributed by atoms with Crippen LogP contribution in [0.2, 0.25) is 0 Å². The molecule has 1 aliphatic carbocycles. The maximum Gasteiger partial charge on any atom is 0.248 e. The highest BCUT2D eigenvalue weighted by molar-refractivity contribution is 7.89. The van der Waals surface area contributed by atoms with E-state index in [1.807, 2.05) is 57.2 Å². The topological polar surface area (TPSA) is 100 Å². The number of nitrogen functional groups attached to an aromatic ring is 1. The van der Waals surface area contributed by atoms with Gasteiger partial charge in [-0.2, -0.15) is 0 Å². The third kappa shape index (κ3) is 3.81. The molecule has 0 bridgehead atoms. The van der Waals surface area contributed by atoms with Crippen molar-refractivity contribution in [2.45, 2.75) is 38.5 Å². The van der Waals surface area contributed by atoms with E-state index in [1.165, 1.54) is 4.31 Å². The van der Waals surface area contributed by atoms with E-state index in [4.69, 9.17) is 15.6 Å². The normalized spacial score (nSPS) is 12.2. The number of aryl methyl sites for hydroxylation is 1. The number of hydrogen-bond acceptors (Lipinski definition) is 5. The molecular weight excluding hydrogens is 434 g/mol. The average molecular weight is 464 g/mol. The Kier molecular flexibility index (Phi) is 6.03. The van der Waals surface area contributed by atoms with E-state index >= 15 is 0 Å². The Morgan fingerprint density at radius 3 is 2.45 bits per heavy atom. The summed E-state index contributed by atoms with van der Waals surface area (Å²) in [5, 5.41) is 9.28. The van der Waals surface area contributed by atoms with Crippen molar-refractivity contribution in [1.82, 2.24) is 4.31 Å². The summed E-state index contributed by atoms with van der Waals surface area (Å²) in [5.74, 6) is 0.492. The Balaban J connectivity index is 2.19. The van der Waals surface area contributed by atoms with Crippen LogP contribution in [0.15, 0.2) is 57.8 Å². The molecule has 0 saturated heterocycles. The lowest BCUT2D eigenvalue weighted by Crippen LogP contribution is -2.28. The zero-order valence-corrected chi connectivity index (χ0v) is 20.2. The standard InChI is InChI=1S/C26H29N3O3S/c1-5-6-15-29(4)33(30,31)26-22(28)14-12-20-23(18-10-8-7-9-16(18)2)19-11-13-21(27)17(3)24(19)32-25(20)26/h7-14,27H,5-6,15,28H2,1-4H3. The van der Waals surface area contributed by atoms with E-state index in [2.05, 4.69) is 0 Å². The van der Waals surface area contributed by atoms with Crippen molar-refractivity contribution in [2.75, 3.05) is 19.3 Å². The summed E-state index contributed by atoms with van der Waals surface area (Å²) < 4.78 is 34.9. The maximum absolute atomic E-state index is 13.6. The SMILES string of the molecule is CCCCN(C)S(=O)(=O)c1c(N)ccc2c(-c3ccccc3C)c3ccc(=N)c(C)c-3oc12. The second kappa shape index (κ2) is 8.65. The first-order valence-corrected chi connectivity index (χ1v) is 12.5. The van der Waals surface area contributed by atoms with Crippen LogP contribution in [-0.2, 0) is 10.0 Å². The Bertz CT molecular complexity index is 1490. The number of hydrogen-bond donors (Lipinski definition) is 2. The van der Waals surface area contributed by atoms with Crippen LogP contribution >= 0.6 is 0 Å². The first-order chi connectivity index (χ1) is 15.7. The van der Waals surface area contributed by atoms with Gasteiger partial charge >= 0.3 is 0 Å². The fraction of sp³-hybridized carbons (Fsp3) is 0.269. The van der Waals surface area contributed by atoms with Crippen LogP contribution in [0, 0.1) is 19.3 Å². The summed E-state index contributed by atoms with van der Waals surface area (Å²) in [6, 6.07) is 15.1. The van der Waals surface area contributed by atoms with Gasteiger partial charge in [-0.25, -0.2) is 12.7 Å². The summed E-state index contributed by atoms with van der Waals surface area (Å²) in [6.45, 7) is 6.25. The zero-order chi connectivity index (χ0) is 23.9. The van der Waals surface area contributed by atoms with E-state index < -0.39 is 10.0 Å². The Labute approximate surface area is 194 Å². The molecule has 172 valence electrons. The molecule has 0 amide bonds. The van der Waals surface area contributed by atoms with Crippen LogP contribution in [0.3, 0.4) is 0 Å². The van der Waals surface area contributed by atoms with Gasteiger partial charge in [0, 0.05) is 35.7 Å². The molecule has 7 heteroatoms. The molecule has 1 aliphatic heterocycles. The van der Waals surface area contributed by atoms with E-state index in [-0.39, 0.29) is 16.2 Å². The number of sulfonamides is 1. The van der Waals surface area contributed by atoms with E-state index in [0.29, 0.717) is 28.6 Å². The van der Waals surface area contributed by atoms with Crippen LogP contribution in [0.4, 0.5) is 5.69 Å². The van der Waals surface area contributed by atoms with Crippen LogP contribution in [0.5, 0.6) is 0 Å². The number of nitrogens with one attached hydrogen (secondary N) is 1. The van der Waals surface area contributed by atoms with Crippen LogP contribution < -0.4 is 11.1 Å². The van der Waals surface area contributed by atoms with Gasteiger partial charge in [-0.3, -0.25) is 0 Å². The summed E-state index contributed by atoms with van der Waals surface area (Å²) >= 11 is 0. The monoisotopic (exact) mass is 463 g/mol. The molecule has 0 aromatic heterocycles. The highest BCUT2D eigenvalue weighted by Gasteiger charge is 2.30. The van der Waals surface area contributed by atoms with Gasteiger partial charge in [0.1, 0.15) is 10.7 Å². The molecule has 0 fully saturated rings. The van der Waals surface area contributed by atoms with Crippen molar-refractivity contribution in [1.29, 1.82) is 5.41 Å². The lowest BCUT2D eigenvalue weighted by atomic mass is 9.90. The minimum Gasteiger partial charge on any atom is -0.454 e. The van der Waals surface area contributed by atoms with Crippen molar-refractivity contribution in [2.24, 2.45) is 0 Å². The Morgan fingerprint density at radius 2 is 1.76 bits per heavy atom. The highest BCUT2D eigenvalue weighted by atomic mass is 32.2. The van der Waals surface area contributed by atoms with Crippen molar-refractivity contribution in [3.05, 3.63) is 65.0 Å². The van der Waals surface area contributed by atoms with Crippen molar-refractivity contribution in [3.8, 4) is 22.5 Å². The van der Waals surface area contributed by atoms with Gasteiger partial charge in [0.05, 0.1) is 11.0 Å². The van der Waals surface area contributed by atoms with Crippen molar-refractivity contribution < 1.29 is 12.8 Å².